The standard InChI is InChI=1S/C15H20BrNO2/c1-14(2)9-4-5-15(14,3)12(6-9)19-13(18)11-7-10(16)8-17-11/h7-9,12,17H,4-6H2,1-3H3. The molecule has 2 aliphatic rings. The van der Waals surface area contributed by atoms with Crippen LogP contribution in [-0.4, -0.2) is 17.1 Å². The maximum atomic E-state index is 12.2. The van der Waals surface area contributed by atoms with Crippen molar-refractivity contribution in [1.82, 2.24) is 4.98 Å². The summed E-state index contributed by atoms with van der Waals surface area (Å²) in [4.78, 5) is 15.1. The van der Waals surface area contributed by atoms with Crippen LogP contribution in [0.5, 0.6) is 0 Å². The second-order valence-corrected chi connectivity index (χ2v) is 7.65. The largest absolute Gasteiger partial charge is 0.457 e. The van der Waals surface area contributed by atoms with Gasteiger partial charge in [-0.2, -0.15) is 0 Å². The zero-order valence-electron chi connectivity index (χ0n) is 11.6. The first-order valence-corrected chi connectivity index (χ1v) is 7.69. The minimum Gasteiger partial charge on any atom is -0.457 e. The second-order valence-electron chi connectivity index (χ2n) is 6.74. The summed E-state index contributed by atoms with van der Waals surface area (Å²) in [6.45, 7) is 6.93. The summed E-state index contributed by atoms with van der Waals surface area (Å²) in [5.41, 5.74) is 0.918. The van der Waals surface area contributed by atoms with Gasteiger partial charge >= 0.3 is 5.97 Å². The van der Waals surface area contributed by atoms with Crippen LogP contribution >= 0.6 is 15.9 Å². The maximum Gasteiger partial charge on any atom is 0.355 e. The molecule has 19 heavy (non-hydrogen) atoms. The lowest BCUT2D eigenvalue weighted by Crippen LogP contribution is -2.38. The second kappa shape index (κ2) is 4.11. The highest BCUT2D eigenvalue weighted by atomic mass is 79.9. The number of hydrogen-bond acceptors (Lipinski definition) is 2. The highest BCUT2D eigenvalue weighted by Gasteiger charge is 2.62. The SMILES string of the molecule is CC1(C)C2CCC1(C)C(OC(=O)c1cc(Br)c[nH]1)C2. The number of carbonyl (C=O) groups is 1. The van der Waals surface area contributed by atoms with Crippen molar-refractivity contribution in [2.45, 2.75) is 46.1 Å². The van der Waals surface area contributed by atoms with E-state index in [1.54, 1.807) is 12.3 Å². The predicted molar refractivity (Wildman–Crippen MR) is 76.9 cm³/mol. The molecule has 3 atom stereocenters. The Morgan fingerprint density at radius 1 is 1.47 bits per heavy atom. The average molecular weight is 326 g/mol. The Kier molecular flexibility index (Phi) is 2.86. The third-order valence-electron chi connectivity index (χ3n) is 5.83. The van der Waals surface area contributed by atoms with Crippen molar-refractivity contribution in [2.75, 3.05) is 0 Å². The number of halogens is 1. The Labute approximate surface area is 122 Å². The number of hydrogen-bond donors (Lipinski definition) is 1. The highest BCUT2D eigenvalue weighted by molar-refractivity contribution is 9.10. The zero-order valence-corrected chi connectivity index (χ0v) is 13.2. The van der Waals surface area contributed by atoms with E-state index in [0.717, 1.165) is 17.3 Å². The van der Waals surface area contributed by atoms with E-state index in [1.165, 1.54) is 6.42 Å². The highest BCUT2D eigenvalue weighted by Crippen LogP contribution is 2.66. The third kappa shape index (κ3) is 1.79. The van der Waals surface area contributed by atoms with Gasteiger partial charge < -0.3 is 9.72 Å². The first-order valence-electron chi connectivity index (χ1n) is 6.89. The number of esters is 1. The molecule has 3 rings (SSSR count). The van der Waals surface area contributed by atoms with Crippen LogP contribution in [0, 0.1) is 16.7 Å². The molecule has 0 amide bonds. The van der Waals surface area contributed by atoms with Crippen molar-refractivity contribution in [3.8, 4) is 0 Å². The summed E-state index contributed by atoms with van der Waals surface area (Å²) < 4.78 is 6.67. The van der Waals surface area contributed by atoms with Gasteiger partial charge in [0.15, 0.2) is 0 Å². The van der Waals surface area contributed by atoms with Gasteiger partial charge in [0.2, 0.25) is 0 Å². The summed E-state index contributed by atoms with van der Waals surface area (Å²) in [7, 11) is 0. The van der Waals surface area contributed by atoms with Crippen molar-refractivity contribution >= 4 is 21.9 Å². The normalized spacial score (nSPS) is 35.6. The molecule has 0 radical (unpaired) electrons. The summed E-state index contributed by atoms with van der Waals surface area (Å²) in [6, 6.07) is 1.77. The van der Waals surface area contributed by atoms with Crippen molar-refractivity contribution in [3.63, 3.8) is 0 Å². The molecule has 1 aromatic heterocycles. The summed E-state index contributed by atoms with van der Waals surface area (Å²) in [6.07, 6.45) is 5.25. The lowest BCUT2D eigenvalue weighted by atomic mass is 9.70. The smallest absolute Gasteiger partial charge is 0.355 e. The summed E-state index contributed by atoms with van der Waals surface area (Å²) in [5, 5.41) is 0. The Morgan fingerprint density at radius 2 is 2.21 bits per heavy atom. The molecule has 1 heterocycles. The van der Waals surface area contributed by atoms with Gasteiger partial charge in [0.25, 0.3) is 0 Å². The van der Waals surface area contributed by atoms with Crippen molar-refractivity contribution < 1.29 is 9.53 Å². The minimum atomic E-state index is -0.236. The van der Waals surface area contributed by atoms with E-state index in [4.69, 9.17) is 4.74 Å². The van der Waals surface area contributed by atoms with E-state index in [-0.39, 0.29) is 22.9 Å². The monoisotopic (exact) mass is 325 g/mol. The number of aromatic nitrogens is 1. The molecular formula is C15H20BrNO2. The average Bonchev–Trinajstić information content (AvgIpc) is 2.91. The Hall–Kier alpha value is -0.770. The van der Waals surface area contributed by atoms with E-state index in [1.807, 2.05) is 0 Å². The molecule has 0 saturated heterocycles. The quantitative estimate of drug-likeness (QED) is 0.830. The topological polar surface area (TPSA) is 42.1 Å². The molecule has 0 spiro atoms. The number of ether oxygens (including phenoxy) is 1. The van der Waals surface area contributed by atoms with Crippen LogP contribution in [0.15, 0.2) is 16.7 Å². The first-order chi connectivity index (χ1) is 8.84. The molecule has 1 N–H and O–H groups in total. The Bertz CT molecular complexity index is 522. The molecule has 2 bridgehead atoms. The fourth-order valence-corrected chi connectivity index (χ4v) is 4.33. The van der Waals surface area contributed by atoms with Crippen molar-refractivity contribution in [2.24, 2.45) is 16.7 Å². The molecule has 0 aromatic carbocycles. The zero-order chi connectivity index (χ0) is 13.8. The molecule has 2 saturated carbocycles. The van der Waals surface area contributed by atoms with Gasteiger partial charge in [-0.1, -0.05) is 20.8 Å². The summed E-state index contributed by atoms with van der Waals surface area (Å²) >= 11 is 3.34. The van der Waals surface area contributed by atoms with Crippen LogP contribution in [0.25, 0.3) is 0 Å². The predicted octanol–water partition coefficient (Wildman–Crippen LogP) is 4.15. The van der Waals surface area contributed by atoms with Crippen LogP contribution in [0.3, 0.4) is 0 Å². The van der Waals surface area contributed by atoms with E-state index >= 15 is 0 Å². The van der Waals surface area contributed by atoms with Gasteiger partial charge in [-0.05, 0) is 52.6 Å². The number of H-pyrrole nitrogens is 1. The van der Waals surface area contributed by atoms with Gasteiger partial charge in [0.1, 0.15) is 11.8 Å². The minimum absolute atomic E-state index is 0.0517. The number of rotatable bonds is 2. The third-order valence-corrected chi connectivity index (χ3v) is 6.29. The Balaban J connectivity index is 1.77. The molecular weight excluding hydrogens is 306 g/mol. The molecule has 2 fully saturated rings. The Morgan fingerprint density at radius 3 is 2.68 bits per heavy atom. The van der Waals surface area contributed by atoms with Crippen LogP contribution < -0.4 is 0 Å². The molecule has 1 aromatic rings. The fourth-order valence-electron chi connectivity index (χ4n) is 3.99. The van der Waals surface area contributed by atoms with Crippen LogP contribution in [-0.2, 0) is 4.74 Å². The van der Waals surface area contributed by atoms with Crippen molar-refractivity contribution in [3.05, 3.63) is 22.4 Å². The lowest BCUT2D eigenvalue weighted by molar-refractivity contribution is -0.0246. The van der Waals surface area contributed by atoms with E-state index in [9.17, 15) is 4.79 Å². The van der Waals surface area contributed by atoms with Gasteiger partial charge in [-0.15, -0.1) is 0 Å². The van der Waals surface area contributed by atoms with E-state index in [0.29, 0.717) is 11.6 Å². The van der Waals surface area contributed by atoms with Gasteiger partial charge in [0, 0.05) is 16.1 Å². The number of carbonyl (C=O) groups excluding carboxylic acids is 1. The van der Waals surface area contributed by atoms with Crippen LogP contribution in [0.2, 0.25) is 0 Å². The molecule has 3 nitrogen and oxygen atoms in total. The molecule has 4 heteroatoms. The number of aromatic amines is 1. The molecule has 2 aliphatic carbocycles. The van der Waals surface area contributed by atoms with Gasteiger partial charge in [0.05, 0.1) is 0 Å². The van der Waals surface area contributed by atoms with E-state index in [2.05, 4.69) is 41.7 Å². The first kappa shape index (κ1) is 13.2. The van der Waals surface area contributed by atoms with Gasteiger partial charge in [-0.25, -0.2) is 4.79 Å². The number of fused-ring (bicyclic) bond motifs is 2. The van der Waals surface area contributed by atoms with Crippen molar-refractivity contribution in [1.29, 1.82) is 0 Å². The fraction of sp³-hybridized carbons (Fsp3) is 0.667. The van der Waals surface area contributed by atoms with Crippen LogP contribution in [0.1, 0.15) is 50.5 Å². The van der Waals surface area contributed by atoms with E-state index < -0.39 is 0 Å². The molecule has 3 unspecified atom stereocenters. The molecule has 104 valence electrons. The number of nitrogens with one attached hydrogen (secondary N) is 1. The maximum absolute atomic E-state index is 12.2. The molecule has 0 aliphatic heterocycles. The van der Waals surface area contributed by atoms with Gasteiger partial charge in [-0.3, -0.25) is 0 Å². The van der Waals surface area contributed by atoms with Crippen LogP contribution in [0.4, 0.5) is 0 Å². The lowest BCUT2D eigenvalue weighted by Gasteiger charge is -2.38. The summed E-state index contributed by atoms with van der Waals surface area (Å²) in [5.74, 6) is 0.450.